The summed E-state index contributed by atoms with van der Waals surface area (Å²) in [6, 6.07) is -0.425. The molecule has 0 saturated heterocycles. The highest BCUT2D eigenvalue weighted by molar-refractivity contribution is 7.89. The van der Waals surface area contributed by atoms with Crippen molar-refractivity contribution in [1.29, 1.82) is 0 Å². The predicted molar refractivity (Wildman–Crippen MR) is 61.8 cm³/mol. The van der Waals surface area contributed by atoms with Crippen LogP contribution in [0.5, 0.6) is 0 Å². The molecule has 6 nitrogen and oxygen atoms in total. The van der Waals surface area contributed by atoms with E-state index in [1.54, 1.807) is 0 Å². The van der Waals surface area contributed by atoms with Crippen molar-refractivity contribution in [2.45, 2.75) is 44.2 Å². The summed E-state index contributed by atoms with van der Waals surface area (Å²) in [7, 11) is -2.31. The van der Waals surface area contributed by atoms with Crippen LogP contribution in [0.4, 0.5) is 0 Å². The van der Waals surface area contributed by atoms with E-state index in [1.807, 2.05) is 0 Å². The molecule has 0 aromatic heterocycles. The van der Waals surface area contributed by atoms with E-state index < -0.39 is 28.1 Å². The SMILES string of the molecule is COC(=O)CCS(=O)(=O)N[C@@H]1CCCC[C@H]1O. The molecule has 2 N–H and O–H groups in total. The second-order valence-electron chi connectivity index (χ2n) is 4.22. The number of hydrogen-bond donors (Lipinski definition) is 2. The number of methoxy groups -OCH3 is 1. The third kappa shape index (κ3) is 5.01. The number of esters is 1. The lowest BCUT2D eigenvalue weighted by Crippen LogP contribution is -2.45. The van der Waals surface area contributed by atoms with Gasteiger partial charge in [-0.05, 0) is 12.8 Å². The standard InChI is InChI=1S/C10H19NO5S/c1-16-10(13)6-7-17(14,15)11-8-4-2-3-5-9(8)12/h8-9,11-12H,2-7H2,1H3/t8-,9-/m1/s1. The van der Waals surface area contributed by atoms with Crippen molar-refractivity contribution >= 4 is 16.0 Å². The van der Waals surface area contributed by atoms with Gasteiger partial charge in [0.25, 0.3) is 0 Å². The number of aliphatic hydroxyl groups excluding tert-OH is 1. The van der Waals surface area contributed by atoms with Crippen LogP contribution in [0.25, 0.3) is 0 Å². The smallest absolute Gasteiger partial charge is 0.306 e. The number of nitrogens with one attached hydrogen (secondary N) is 1. The molecule has 0 aromatic rings. The Morgan fingerprint density at radius 2 is 2.06 bits per heavy atom. The number of rotatable bonds is 5. The molecule has 17 heavy (non-hydrogen) atoms. The summed E-state index contributed by atoms with van der Waals surface area (Å²) in [5, 5.41) is 9.64. The zero-order valence-electron chi connectivity index (χ0n) is 9.89. The van der Waals surface area contributed by atoms with Crippen LogP contribution < -0.4 is 4.72 Å². The van der Waals surface area contributed by atoms with Crippen molar-refractivity contribution in [3.8, 4) is 0 Å². The number of hydrogen-bond acceptors (Lipinski definition) is 5. The molecule has 0 amide bonds. The maximum Gasteiger partial charge on any atom is 0.306 e. The second-order valence-corrected chi connectivity index (χ2v) is 6.09. The molecule has 100 valence electrons. The largest absolute Gasteiger partial charge is 0.469 e. The van der Waals surface area contributed by atoms with Gasteiger partial charge in [0.15, 0.2) is 0 Å². The topological polar surface area (TPSA) is 92.7 Å². The molecule has 1 fully saturated rings. The van der Waals surface area contributed by atoms with E-state index in [-0.39, 0.29) is 12.2 Å². The molecule has 0 aliphatic heterocycles. The first-order valence-corrected chi connectivity index (χ1v) is 7.35. The predicted octanol–water partition coefficient (Wildman–Crippen LogP) is -0.228. The van der Waals surface area contributed by atoms with Crippen LogP contribution in [0, 0.1) is 0 Å². The molecule has 1 saturated carbocycles. The van der Waals surface area contributed by atoms with Gasteiger partial charge in [0.05, 0.1) is 25.4 Å². The van der Waals surface area contributed by atoms with Crippen LogP contribution in [-0.4, -0.2) is 44.5 Å². The Morgan fingerprint density at radius 1 is 1.41 bits per heavy atom. The lowest BCUT2D eigenvalue weighted by Gasteiger charge is -2.27. The summed E-state index contributed by atoms with van der Waals surface area (Å²) in [4.78, 5) is 10.9. The minimum Gasteiger partial charge on any atom is -0.469 e. The summed E-state index contributed by atoms with van der Waals surface area (Å²) < 4.78 is 30.1. The van der Waals surface area contributed by atoms with Crippen LogP contribution in [0.15, 0.2) is 0 Å². The lowest BCUT2D eigenvalue weighted by atomic mass is 9.93. The zero-order valence-corrected chi connectivity index (χ0v) is 10.7. The fourth-order valence-electron chi connectivity index (χ4n) is 1.86. The minimum atomic E-state index is -3.53. The van der Waals surface area contributed by atoms with E-state index in [0.717, 1.165) is 12.8 Å². The van der Waals surface area contributed by atoms with Gasteiger partial charge in [-0.3, -0.25) is 4.79 Å². The highest BCUT2D eigenvalue weighted by atomic mass is 32.2. The number of sulfonamides is 1. The van der Waals surface area contributed by atoms with E-state index in [2.05, 4.69) is 9.46 Å². The van der Waals surface area contributed by atoms with E-state index in [9.17, 15) is 18.3 Å². The maximum atomic E-state index is 11.6. The Balaban J connectivity index is 2.45. The third-order valence-electron chi connectivity index (χ3n) is 2.86. The van der Waals surface area contributed by atoms with Gasteiger partial charge >= 0.3 is 5.97 Å². The monoisotopic (exact) mass is 265 g/mol. The van der Waals surface area contributed by atoms with Crippen molar-refractivity contribution in [1.82, 2.24) is 4.72 Å². The summed E-state index contributed by atoms with van der Waals surface area (Å²) in [6.07, 6.45) is 2.27. The van der Waals surface area contributed by atoms with Crippen LogP contribution in [0.1, 0.15) is 32.1 Å². The average molecular weight is 265 g/mol. The first kappa shape index (κ1) is 14.4. The summed E-state index contributed by atoms with van der Waals surface area (Å²) >= 11 is 0. The molecule has 0 radical (unpaired) electrons. The van der Waals surface area contributed by atoms with Crippen molar-refractivity contribution in [3.05, 3.63) is 0 Å². The van der Waals surface area contributed by atoms with Crippen LogP contribution in [0.3, 0.4) is 0 Å². The molecule has 1 rings (SSSR count). The fourth-order valence-corrected chi connectivity index (χ4v) is 3.15. The maximum absolute atomic E-state index is 11.6. The number of carbonyl (C=O) groups excluding carboxylic acids is 1. The molecular weight excluding hydrogens is 246 g/mol. The molecule has 1 aliphatic rings. The van der Waals surface area contributed by atoms with Crippen LogP contribution in [-0.2, 0) is 19.6 Å². The normalized spacial score (nSPS) is 25.5. The molecule has 0 spiro atoms. The summed E-state index contributed by atoms with van der Waals surface area (Å²) in [6.45, 7) is 0. The third-order valence-corrected chi connectivity index (χ3v) is 4.27. The summed E-state index contributed by atoms with van der Waals surface area (Å²) in [5.74, 6) is -0.859. The van der Waals surface area contributed by atoms with Gasteiger partial charge in [-0.2, -0.15) is 0 Å². The summed E-state index contributed by atoms with van der Waals surface area (Å²) in [5.41, 5.74) is 0. The Hall–Kier alpha value is -0.660. The van der Waals surface area contributed by atoms with Gasteiger partial charge in [-0.1, -0.05) is 12.8 Å². The molecule has 1 aliphatic carbocycles. The number of ether oxygens (including phenoxy) is 1. The Kier molecular flexibility index (Phi) is 5.35. The quantitative estimate of drug-likeness (QED) is 0.670. The van der Waals surface area contributed by atoms with Crippen molar-refractivity contribution in [3.63, 3.8) is 0 Å². The first-order chi connectivity index (χ1) is 7.94. The fraction of sp³-hybridized carbons (Fsp3) is 0.900. The zero-order chi connectivity index (χ0) is 12.9. The van der Waals surface area contributed by atoms with E-state index in [0.29, 0.717) is 12.8 Å². The van der Waals surface area contributed by atoms with Crippen molar-refractivity contribution in [2.24, 2.45) is 0 Å². The number of aliphatic hydroxyl groups is 1. The van der Waals surface area contributed by atoms with Crippen molar-refractivity contribution < 1.29 is 23.1 Å². The molecule has 0 aromatic carbocycles. The van der Waals surface area contributed by atoms with Gasteiger partial charge in [-0.15, -0.1) is 0 Å². The minimum absolute atomic E-state index is 0.172. The molecule has 2 atom stereocenters. The van der Waals surface area contributed by atoms with Crippen LogP contribution >= 0.6 is 0 Å². The van der Waals surface area contributed by atoms with Gasteiger partial charge in [0, 0.05) is 6.04 Å². The Labute approximate surface area is 101 Å². The average Bonchev–Trinajstić information content (AvgIpc) is 2.29. The van der Waals surface area contributed by atoms with Crippen LogP contribution in [0.2, 0.25) is 0 Å². The first-order valence-electron chi connectivity index (χ1n) is 5.69. The molecule has 0 heterocycles. The van der Waals surface area contributed by atoms with Crippen molar-refractivity contribution in [2.75, 3.05) is 12.9 Å². The lowest BCUT2D eigenvalue weighted by molar-refractivity contribution is -0.140. The van der Waals surface area contributed by atoms with Gasteiger partial charge in [-0.25, -0.2) is 13.1 Å². The molecular formula is C10H19NO5S. The highest BCUT2D eigenvalue weighted by Gasteiger charge is 2.27. The van der Waals surface area contributed by atoms with Gasteiger partial charge in [0.1, 0.15) is 0 Å². The van der Waals surface area contributed by atoms with E-state index in [4.69, 9.17) is 0 Å². The number of carbonyl (C=O) groups is 1. The van der Waals surface area contributed by atoms with Gasteiger partial charge in [0.2, 0.25) is 10.0 Å². The molecule has 0 unspecified atom stereocenters. The highest BCUT2D eigenvalue weighted by Crippen LogP contribution is 2.19. The molecule has 7 heteroatoms. The Morgan fingerprint density at radius 3 is 2.65 bits per heavy atom. The molecule has 0 bridgehead atoms. The second kappa shape index (κ2) is 6.32. The Bertz CT molecular complexity index is 354. The van der Waals surface area contributed by atoms with E-state index >= 15 is 0 Å². The van der Waals surface area contributed by atoms with Gasteiger partial charge < -0.3 is 9.84 Å². The van der Waals surface area contributed by atoms with E-state index in [1.165, 1.54) is 7.11 Å².